The van der Waals surface area contributed by atoms with Gasteiger partial charge in [-0.05, 0) is 12.1 Å². The molecule has 0 fully saturated rings. The van der Waals surface area contributed by atoms with Crippen LogP contribution in [0.2, 0.25) is 0 Å². The van der Waals surface area contributed by atoms with Gasteiger partial charge in [0.2, 0.25) is 5.55 Å². The van der Waals surface area contributed by atoms with E-state index >= 15 is 0 Å². The molecule has 1 aromatic rings. The summed E-state index contributed by atoms with van der Waals surface area (Å²) < 4.78 is 4.98. The zero-order valence-corrected chi connectivity index (χ0v) is 5.11. The molecule has 48 valence electrons. The number of furan rings is 1. The summed E-state index contributed by atoms with van der Waals surface area (Å²) in [5, 5.41) is 8.25. The second kappa shape index (κ2) is 1.97. The van der Waals surface area contributed by atoms with E-state index in [4.69, 9.17) is 4.42 Å². The molecule has 0 unspecified atom stereocenters. The van der Waals surface area contributed by atoms with E-state index in [0.717, 1.165) is 5.22 Å². The maximum Gasteiger partial charge on any atom is 0.246 e. The van der Waals surface area contributed by atoms with Crippen LogP contribution in [0.4, 0.5) is 0 Å². The molecular formula is C7H4N2O. The summed E-state index contributed by atoms with van der Waals surface area (Å²) in [6.45, 7) is 0. The molecule has 3 nitrogen and oxygen atoms in total. The molecule has 2 heterocycles. The number of fused-ring (bicyclic) bond motifs is 1. The molecule has 0 saturated heterocycles. The van der Waals surface area contributed by atoms with Crippen LogP contribution in [-0.2, 0) is 0 Å². The van der Waals surface area contributed by atoms with Gasteiger partial charge in [0, 0.05) is 17.2 Å². The van der Waals surface area contributed by atoms with Crippen LogP contribution in [0.25, 0.3) is 6.08 Å². The lowest BCUT2D eigenvalue weighted by atomic mass is 10.4. The summed E-state index contributed by atoms with van der Waals surface area (Å²) in [6.07, 6.45) is 5.13. The Morgan fingerprint density at radius 2 is 2.50 bits per heavy atom. The molecule has 1 aliphatic rings. The lowest BCUT2D eigenvalue weighted by Gasteiger charge is -1.67. The quantitative estimate of drug-likeness (QED) is 0.483. The summed E-state index contributed by atoms with van der Waals surface area (Å²) in [4.78, 5) is 0. The van der Waals surface area contributed by atoms with Crippen LogP contribution in [0.3, 0.4) is 0 Å². The second-order valence-electron chi connectivity index (χ2n) is 1.84. The van der Waals surface area contributed by atoms with Crippen LogP contribution in [0, 0.1) is 0 Å². The van der Waals surface area contributed by atoms with Crippen molar-refractivity contribution in [1.82, 2.24) is 0 Å². The molecular weight excluding hydrogens is 128 g/mol. The molecule has 10 heavy (non-hydrogen) atoms. The van der Waals surface area contributed by atoms with Crippen molar-refractivity contribution in [2.75, 3.05) is 0 Å². The minimum absolute atomic E-state index is 0.543. The van der Waals surface area contributed by atoms with Crippen molar-refractivity contribution < 1.29 is 4.42 Å². The van der Waals surface area contributed by atoms with Crippen LogP contribution < -0.4 is 10.8 Å². The average Bonchev–Trinajstić information content (AvgIpc) is 2.28. The molecule has 0 aliphatic carbocycles. The fourth-order valence-electron chi connectivity index (χ4n) is 0.754. The van der Waals surface area contributed by atoms with Gasteiger partial charge in [0.1, 0.15) is 0 Å². The van der Waals surface area contributed by atoms with Gasteiger partial charge in [-0.2, -0.15) is 0 Å². The normalized spacial score (nSPS) is 13.2. The Morgan fingerprint density at radius 1 is 1.50 bits per heavy atom. The summed E-state index contributed by atoms with van der Waals surface area (Å²) in [7, 11) is 0. The predicted octanol–water partition coefficient (Wildman–Crippen LogP) is -0.166. The molecule has 0 amide bonds. The van der Waals surface area contributed by atoms with Crippen LogP contribution in [-0.4, -0.2) is 5.87 Å². The zero-order chi connectivity index (χ0) is 6.81. The van der Waals surface area contributed by atoms with Crippen LogP contribution >= 0.6 is 0 Å². The summed E-state index contributed by atoms with van der Waals surface area (Å²) in [6, 6.07) is 1.83. The van der Waals surface area contributed by atoms with Gasteiger partial charge in [0.05, 0.1) is 6.26 Å². The zero-order valence-electron chi connectivity index (χ0n) is 5.11. The summed E-state index contributed by atoms with van der Waals surface area (Å²) in [5.41, 5.74) is 0.543. The van der Waals surface area contributed by atoms with E-state index in [-0.39, 0.29) is 0 Å². The first-order valence-electron chi connectivity index (χ1n) is 2.87. The highest BCUT2D eigenvalue weighted by Gasteiger charge is 1.88. The van der Waals surface area contributed by atoms with Gasteiger partial charge >= 0.3 is 0 Å². The van der Waals surface area contributed by atoms with Crippen molar-refractivity contribution in [2.24, 2.45) is 10.2 Å². The lowest BCUT2D eigenvalue weighted by Crippen LogP contribution is -2.17. The number of nitrogens with zero attached hydrogens (tertiary/aromatic N) is 2. The molecule has 0 N–H and O–H groups in total. The molecule has 0 aromatic carbocycles. The average molecular weight is 132 g/mol. The maximum atomic E-state index is 4.98. The SMILES string of the molecule is C1=CC=c2ccoc2=NN=1. The molecule has 2 rings (SSSR count). The standard InChI is InChI=1S/C7H4N2O/c1-2-6-3-5-10-7(6)9-8-4-1/h1-3,5H. The topological polar surface area (TPSA) is 37.9 Å². The fraction of sp³-hybridized carbons (Fsp3) is 0. The first kappa shape index (κ1) is 5.21. The molecule has 0 spiro atoms. The Balaban J connectivity index is 2.94. The third-order valence-electron chi connectivity index (χ3n) is 1.21. The highest BCUT2D eigenvalue weighted by molar-refractivity contribution is 5.63. The predicted molar refractivity (Wildman–Crippen MR) is 36.0 cm³/mol. The number of hydrogen-bond acceptors (Lipinski definition) is 3. The largest absolute Gasteiger partial charge is 0.445 e. The fourth-order valence-corrected chi connectivity index (χ4v) is 0.754. The van der Waals surface area contributed by atoms with Gasteiger partial charge in [0.25, 0.3) is 0 Å². The molecule has 0 saturated carbocycles. The molecule has 1 aliphatic heterocycles. The second-order valence-corrected chi connectivity index (χ2v) is 1.84. The molecule has 0 bridgehead atoms. The first-order valence-corrected chi connectivity index (χ1v) is 2.87. The van der Waals surface area contributed by atoms with E-state index < -0.39 is 0 Å². The Kier molecular flexibility index (Phi) is 1.03. The third kappa shape index (κ3) is 0.694. The molecule has 3 heteroatoms. The van der Waals surface area contributed by atoms with Gasteiger partial charge in [-0.1, -0.05) is 0 Å². The van der Waals surface area contributed by atoms with E-state index in [9.17, 15) is 0 Å². The highest BCUT2D eigenvalue weighted by atomic mass is 16.3. The van der Waals surface area contributed by atoms with Gasteiger partial charge < -0.3 is 4.42 Å². The minimum atomic E-state index is 0.543. The Hall–Kier alpha value is -1.60. The van der Waals surface area contributed by atoms with E-state index in [1.807, 2.05) is 12.1 Å². The van der Waals surface area contributed by atoms with Crippen molar-refractivity contribution in [3.63, 3.8) is 0 Å². The van der Waals surface area contributed by atoms with Gasteiger partial charge in [-0.15, -0.1) is 10.2 Å². The van der Waals surface area contributed by atoms with Crippen molar-refractivity contribution in [2.45, 2.75) is 0 Å². The number of hydrogen-bond donors (Lipinski definition) is 0. The van der Waals surface area contributed by atoms with Crippen LogP contribution in [0.15, 0.2) is 33.0 Å². The van der Waals surface area contributed by atoms with Gasteiger partial charge in [-0.25, -0.2) is 0 Å². The van der Waals surface area contributed by atoms with Gasteiger partial charge in [-0.3, -0.25) is 0 Å². The maximum absolute atomic E-state index is 4.98. The van der Waals surface area contributed by atoms with E-state index in [0.29, 0.717) is 5.55 Å². The lowest BCUT2D eigenvalue weighted by molar-refractivity contribution is 0.506. The number of rotatable bonds is 0. The van der Waals surface area contributed by atoms with Crippen molar-refractivity contribution in [3.8, 4) is 0 Å². The van der Waals surface area contributed by atoms with Crippen molar-refractivity contribution in [3.05, 3.63) is 29.2 Å². The minimum Gasteiger partial charge on any atom is -0.445 e. The van der Waals surface area contributed by atoms with Gasteiger partial charge in [0.15, 0.2) is 0 Å². The van der Waals surface area contributed by atoms with E-state index in [1.165, 1.54) is 0 Å². The van der Waals surface area contributed by atoms with Crippen LogP contribution in [0.5, 0.6) is 0 Å². The van der Waals surface area contributed by atoms with E-state index in [2.05, 4.69) is 16.1 Å². The molecule has 1 aromatic heterocycles. The summed E-state index contributed by atoms with van der Waals surface area (Å²) >= 11 is 0. The van der Waals surface area contributed by atoms with E-state index in [1.54, 1.807) is 12.3 Å². The Labute approximate surface area is 56.7 Å². The molecule has 0 atom stereocenters. The molecule has 0 radical (unpaired) electrons. The number of allylic oxidation sites excluding steroid dienone is 1. The van der Waals surface area contributed by atoms with Crippen LogP contribution in [0.1, 0.15) is 0 Å². The smallest absolute Gasteiger partial charge is 0.246 e. The third-order valence-corrected chi connectivity index (χ3v) is 1.21. The van der Waals surface area contributed by atoms with Crippen molar-refractivity contribution >= 4 is 11.9 Å². The first-order chi connectivity index (χ1) is 4.97. The monoisotopic (exact) mass is 132 g/mol. The summed E-state index contributed by atoms with van der Waals surface area (Å²) in [5.74, 6) is 2.60. The Morgan fingerprint density at radius 3 is 3.50 bits per heavy atom. The highest BCUT2D eigenvalue weighted by Crippen LogP contribution is 1.75. The van der Waals surface area contributed by atoms with Crippen molar-refractivity contribution in [1.29, 1.82) is 0 Å². The Bertz CT molecular complexity index is 373.